The number of rotatable bonds is 17. The number of carbonyl (C=O) groups is 1. The number of aliphatic hydroxyl groups is 1. The predicted octanol–water partition coefficient (Wildman–Crippen LogP) is 2.01. The number of carbonyl (C=O) groups excluding carboxylic acids is 1. The molecule has 0 radical (unpaired) electrons. The maximum absolute atomic E-state index is 11.9. The average Bonchev–Trinajstić information content (AvgIpc) is 2.50. The molecule has 0 aliphatic carbocycles. The first kappa shape index (κ1) is 26.3. The molecule has 0 aromatic carbocycles. The largest absolute Gasteiger partial charge is 0.748 e. The highest BCUT2D eigenvalue weighted by atomic mass is 32.2. The summed E-state index contributed by atoms with van der Waals surface area (Å²) in [6.45, 7) is 3.38. The first-order chi connectivity index (χ1) is 12.6. The molecular weight excluding hydrogens is 368 g/mol. The summed E-state index contributed by atoms with van der Waals surface area (Å²) in [5, 5.41) is 12.6. The molecule has 0 aromatic heterocycles. The lowest BCUT2D eigenvalue weighted by molar-refractivity contribution is -0.891. The Morgan fingerprint density at radius 3 is 2.07 bits per heavy atom. The van der Waals surface area contributed by atoms with Gasteiger partial charge in [0, 0.05) is 6.42 Å². The fourth-order valence-electron chi connectivity index (χ4n) is 3.13. The molecule has 0 heterocycles. The fourth-order valence-corrected chi connectivity index (χ4v) is 3.71. The predicted molar refractivity (Wildman–Crippen MR) is 107 cm³/mol. The fraction of sp³-hybridized carbons (Fsp3) is 0.947. The second kappa shape index (κ2) is 14.3. The zero-order valence-corrected chi connectivity index (χ0v) is 18.2. The van der Waals surface area contributed by atoms with Crippen molar-refractivity contribution in [3.05, 3.63) is 0 Å². The van der Waals surface area contributed by atoms with Crippen molar-refractivity contribution < 1.29 is 27.4 Å². The van der Waals surface area contributed by atoms with Crippen LogP contribution >= 0.6 is 0 Å². The van der Waals surface area contributed by atoms with Crippen LogP contribution in [0.1, 0.15) is 71.1 Å². The van der Waals surface area contributed by atoms with Crippen molar-refractivity contribution in [2.24, 2.45) is 0 Å². The van der Waals surface area contributed by atoms with Gasteiger partial charge in [-0.25, -0.2) is 8.42 Å². The van der Waals surface area contributed by atoms with E-state index in [4.69, 9.17) is 0 Å². The van der Waals surface area contributed by atoms with Crippen LogP contribution in [0, 0.1) is 0 Å². The van der Waals surface area contributed by atoms with Gasteiger partial charge >= 0.3 is 0 Å². The third kappa shape index (κ3) is 18.4. The van der Waals surface area contributed by atoms with Gasteiger partial charge in [-0.05, 0) is 6.42 Å². The van der Waals surface area contributed by atoms with Gasteiger partial charge < -0.3 is 19.5 Å². The van der Waals surface area contributed by atoms with E-state index in [9.17, 15) is 22.9 Å². The van der Waals surface area contributed by atoms with E-state index in [2.05, 4.69) is 12.2 Å². The zero-order chi connectivity index (χ0) is 20.8. The van der Waals surface area contributed by atoms with Crippen LogP contribution in [-0.4, -0.2) is 74.1 Å². The van der Waals surface area contributed by atoms with Gasteiger partial charge in [-0.1, -0.05) is 58.3 Å². The third-order valence-electron chi connectivity index (χ3n) is 4.65. The molecule has 162 valence electrons. The van der Waals surface area contributed by atoms with Crippen molar-refractivity contribution >= 4 is 16.0 Å². The molecule has 0 aromatic rings. The number of nitrogens with one attached hydrogen (secondary N) is 1. The summed E-state index contributed by atoms with van der Waals surface area (Å²) < 4.78 is 32.4. The molecule has 0 rings (SSSR count). The molecule has 2 N–H and O–H groups in total. The topological polar surface area (TPSA) is 107 Å². The molecule has 0 saturated carbocycles. The SMILES string of the molecule is CCCCCCCCCCCC(=O)NCC[N+](C)(C)CC(O)CS(=O)(=O)[O-]. The van der Waals surface area contributed by atoms with E-state index >= 15 is 0 Å². The lowest BCUT2D eigenvalue weighted by Gasteiger charge is -2.32. The van der Waals surface area contributed by atoms with Crippen LogP contribution in [0.5, 0.6) is 0 Å². The van der Waals surface area contributed by atoms with Crippen molar-refractivity contribution in [2.75, 3.05) is 39.5 Å². The second-order valence-electron chi connectivity index (χ2n) is 8.15. The van der Waals surface area contributed by atoms with Gasteiger partial charge in [-0.3, -0.25) is 4.79 Å². The maximum atomic E-state index is 11.9. The summed E-state index contributed by atoms with van der Waals surface area (Å²) in [6, 6.07) is 0. The number of unbranched alkanes of at least 4 members (excludes halogenated alkanes) is 8. The smallest absolute Gasteiger partial charge is 0.220 e. The first-order valence-corrected chi connectivity index (χ1v) is 11.8. The van der Waals surface area contributed by atoms with Crippen LogP contribution in [0.25, 0.3) is 0 Å². The van der Waals surface area contributed by atoms with Crippen molar-refractivity contribution in [1.29, 1.82) is 0 Å². The minimum absolute atomic E-state index is 0.0284. The summed E-state index contributed by atoms with van der Waals surface area (Å²) in [6.07, 6.45) is 10.3. The summed E-state index contributed by atoms with van der Waals surface area (Å²) in [4.78, 5) is 11.9. The number of aliphatic hydroxyl groups excluding tert-OH is 1. The summed E-state index contributed by atoms with van der Waals surface area (Å²) in [5.41, 5.74) is 0. The third-order valence-corrected chi connectivity index (χ3v) is 5.44. The standard InChI is InChI=1S/C19H40N2O5S/c1-4-5-6-7-8-9-10-11-12-13-19(23)20-14-15-21(2,3)16-18(22)17-27(24,25)26/h18,22H,4-17H2,1-3H3,(H-,20,23,24,25,26). The summed E-state index contributed by atoms with van der Waals surface area (Å²) >= 11 is 0. The lowest BCUT2D eigenvalue weighted by atomic mass is 10.1. The molecule has 27 heavy (non-hydrogen) atoms. The van der Waals surface area contributed by atoms with E-state index in [1.54, 1.807) is 0 Å². The van der Waals surface area contributed by atoms with Gasteiger partial charge in [0.05, 0.1) is 43.1 Å². The minimum atomic E-state index is -4.43. The molecule has 7 nitrogen and oxygen atoms in total. The van der Waals surface area contributed by atoms with E-state index in [0.717, 1.165) is 12.8 Å². The molecule has 0 aliphatic heterocycles. The lowest BCUT2D eigenvalue weighted by Crippen LogP contribution is -2.50. The zero-order valence-electron chi connectivity index (χ0n) is 17.4. The average molecular weight is 409 g/mol. The van der Waals surface area contributed by atoms with E-state index in [1.165, 1.54) is 44.9 Å². The number of likely N-dealkylation sites (N-methyl/N-ethyl adjacent to an activating group) is 1. The molecule has 0 bridgehead atoms. The van der Waals surface area contributed by atoms with Crippen molar-refractivity contribution in [2.45, 2.75) is 77.2 Å². The van der Waals surface area contributed by atoms with Crippen molar-refractivity contribution in [1.82, 2.24) is 5.32 Å². The van der Waals surface area contributed by atoms with Gasteiger partial charge in [-0.2, -0.15) is 0 Å². The Kier molecular flexibility index (Phi) is 13.9. The monoisotopic (exact) mass is 408 g/mol. The van der Waals surface area contributed by atoms with E-state index in [-0.39, 0.29) is 12.5 Å². The Bertz CT molecular complexity index is 494. The highest BCUT2D eigenvalue weighted by Crippen LogP contribution is 2.10. The number of nitrogens with zero attached hydrogens (tertiary/aromatic N) is 1. The quantitative estimate of drug-likeness (QED) is 0.217. The summed E-state index contributed by atoms with van der Waals surface area (Å²) in [5.74, 6) is -0.750. The van der Waals surface area contributed by atoms with Crippen LogP contribution in [-0.2, 0) is 14.9 Å². The molecule has 1 unspecified atom stereocenters. The van der Waals surface area contributed by atoms with Crippen LogP contribution < -0.4 is 5.32 Å². The Morgan fingerprint density at radius 2 is 1.56 bits per heavy atom. The Labute approximate surface area is 165 Å². The van der Waals surface area contributed by atoms with Gasteiger partial charge in [0.1, 0.15) is 12.6 Å². The van der Waals surface area contributed by atoms with Gasteiger partial charge in [0.15, 0.2) is 0 Å². The molecule has 0 spiro atoms. The van der Waals surface area contributed by atoms with Gasteiger partial charge in [-0.15, -0.1) is 0 Å². The normalized spacial score (nSPS) is 13.5. The molecular formula is C19H40N2O5S. The van der Waals surface area contributed by atoms with E-state index < -0.39 is 22.0 Å². The number of amides is 1. The number of hydrogen-bond acceptors (Lipinski definition) is 5. The first-order valence-electron chi connectivity index (χ1n) is 10.3. The van der Waals surface area contributed by atoms with Gasteiger partial charge in [0.2, 0.25) is 5.91 Å². The van der Waals surface area contributed by atoms with Gasteiger partial charge in [0.25, 0.3) is 0 Å². The Morgan fingerprint density at radius 1 is 1.04 bits per heavy atom. The summed E-state index contributed by atoms with van der Waals surface area (Å²) in [7, 11) is -0.779. The molecule has 1 amide bonds. The van der Waals surface area contributed by atoms with Crippen LogP contribution in [0.3, 0.4) is 0 Å². The second-order valence-corrected chi connectivity index (χ2v) is 9.60. The minimum Gasteiger partial charge on any atom is -0.748 e. The highest BCUT2D eigenvalue weighted by molar-refractivity contribution is 7.85. The Hall–Kier alpha value is -0.700. The van der Waals surface area contributed by atoms with Crippen LogP contribution in [0.4, 0.5) is 0 Å². The number of hydrogen-bond donors (Lipinski definition) is 2. The molecule has 0 saturated heterocycles. The van der Waals surface area contributed by atoms with Crippen LogP contribution in [0.15, 0.2) is 0 Å². The Balaban J connectivity index is 3.71. The molecule has 0 fully saturated rings. The van der Waals surface area contributed by atoms with E-state index in [0.29, 0.717) is 24.0 Å². The maximum Gasteiger partial charge on any atom is 0.220 e. The number of quaternary nitrogens is 1. The molecule has 0 aliphatic rings. The molecule has 8 heteroatoms. The van der Waals surface area contributed by atoms with Crippen LogP contribution in [0.2, 0.25) is 0 Å². The highest BCUT2D eigenvalue weighted by Gasteiger charge is 2.22. The van der Waals surface area contributed by atoms with Crippen molar-refractivity contribution in [3.63, 3.8) is 0 Å². The molecule has 1 atom stereocenters. The van der Waals surface area contributed by atoms with E-state index in [1.807, 2.05) is 14.1 Å². The van der Waals surface area contributed by atoms with Crippen molar-refractivity contribution in [3.8, 4) is 0 Å².